The van der Waals surface area contributed by atoms with Crippen molar-refractivity contribution in [1.29, 1.82) is 0 Å². The van der Waals surface area contributed by atoms with Gasteiger partial charge in [0, 0.05) is 35.7 Å². The number of aliphatic hydroxyl groups is 1. The monoisotopic (exact) mass is 797 g/mol. The van der Waals surface area contributed by atoms with Crippen LogP contribution in [0, 0.1) is 23.7 Å². The number of esters is 1. The molecule has 0 saturated carbocycles. The number of nitrogens with zero attached hydrogens (tertiary/aromatic N) is 4. The molecule has 5 aliphatic rings. The highest BCUT2D eigenvalue weighted by Gasteiger charge is 2.60. The maximum absolute atomic E-state index is 14.5. The molecule has 15 nitrogen and oxygen atoms in total. The van der Waals surface area contributed by atoms with E-state index in [2.05, 4.69) is 24.4 Å². The Bertz CT molecular complexity index is 1680. The van der Waals surface area contributed by atoms with Crippen LogP contribution in [0.25, 0.3) is 0 Å². The van der Waals surface area contributed by atoms with E-state index in [0.717, 1.165) is 5.71 Å². The van der Waals surface area contributed by atoms with Gasteiger partial charge in [-0.3, -0.25) is 19.5 Å². The van der Waals surface area contributed by atoms with Gasteiger partial charge in [-0.15, -0.1) is 0 Å². The van der Waals surface area contributed by atoms with E-state index < -0.39 is 77.8 Å². The summed E-state index contributed by atoms with van der Waals surface area (Å²) in [5.41, 5.74) is 2.10. The minimum Gasteiger partial charge on any atom is -0.458 e. The molecule has 2 N–H and O–H groups in total. The quantitative estimate of drug-likeness (QED) is 0.315. The molecule has 57 heavy (non-hydrogen) atoms. The Labute approximate surface area is 336 Å². The number of carbonyl (C=O) groups is 3. The number of hydrazone groups is 1. The highest BCUT2D eigenvalue weighted by molar-refractivity contribution is 5.96. The molecule has 0 aromatic heterocycles. The molecule has 6 rings (SSSR count). The first-order chi connectivity index (χ1) is 27.0. The minimum atomic E-state index is -1.15. The van der Waals surface area contributed by atoms with Crippen LogP contribution >= 0.6 is 0 Å². The summed E-state index contributed by atoms with van der Waals surface area (Å²) in [5, 5.41) is 16.2. The number of hydrogen-bond acceptors (Lipinski definition) is 13. The number of ether oxygens (including phenoxy) is 6. The Morgan fingerprint density at radius 3 is 2.49 bits per heavy atom. The number of cyclic esters (lactones) is 1. The summed E-state index contributed by atoms with van der Waals surface area (Å²) in [6.45, 7) is 16.2. The molecule has 15 heteroatoms. The van der Waals surface area contributed by atoms with Crippen LogP contribution in [-0.2, 0) is 33.2 Å². The van der Waals surface area contributed by atoms with Crippen molar-refractivity contribution in [1.82, 2.24) is 15.2 Å². The third kappa shape index (κ3) is 8.65. The van der Waals surface area contributed by atoms with Crippen molar-refractivity contribution in [2.45, 2.75) is 135 Å². The lowest BCUT2D eigenvalue weighted by Gasteiger charge is -2.48. The number of benzene rings is 1. The zero-order chi connectivity index (χ0) is 41.4. The third-order valence-electron chi connectivity index (χ3n) is 12.9. The van der Waals surface area contributed by atoms with Gasteiger partial charge in [0.15, 0.2) is 11.9 Å². The predicted octanol–water partition coefficient (Wildman–Crippen LogP) is 4.06. The van der Waals surface area contributed by atoms with E-state index in [1.54, 1.807) is 36.1 Å². The normalized spacial score (nSPS) is 41.2. The lowest BCUT2D eigenvalue weighted by molar-refractivity contribution is -0.302. The number of carbonyl (C=O) groups excluding carboxylic acids is 3. The maximum atomic E-state index is 14.5. The van der Waals surface area contributed by atoms with Gasteiger partial charge < -0.3 is 38.4 Å². The summed E-state index contributed by atoms with van der Waals surface area (Å²) in [4.78, 5) is 49.9. The van der Waals surface area contributed by atoms with Crippen LogP contribution in [-0.4, -0.2) is 145 Å². The predicted molar refractivity (Wildman–Crippen MR) is 212 cm³/mol. The van der Waals surface area contributed by atoms with Crippen molar-refractivity contribution in [2.24, 2.45) is 33.8 Å². The van der Waals surface area contributed by atoms with Gasteiger partial charge in [0.2, 0.25) is 0 Å². The SMILES string of the molecule is CC[C@H]1OC(=O)[C@H](C)[C@H]2OC/C(=N\NC(=O)c3ccccc3)CO[C@](C)(C[C@@H](C)C3=NCCN4C(=O)O[C@@]1(C)[C@H]4[C@H]3C)[C@H](O[C@H]1O[C@@H](C)C[C@@H](N(C)C)[C@@H]1O)[C@H]2C. The molecule has 1 aromatic carbocycles. The molecule has 0 spiro atoms. The van der Waals surface area contributed by atoms with Crippen molar-refractivity contribution in [2.75, 3.05) is 40.4 Å². The smallest absolute Gasteiger partial charge is 0.410 e. The van der Waals surface area contributed by atoms with Crippen molar-refractivity contribution in [3.63, 3.8) is 0 Å². The molecule has 1 aromatic rings. The second-order valence-electron chi connectivity index (χ2n) is 17.4. The number of likely N-dealkylation sites (N-methyl/N-ethyl adjacent to an activating group) is 1. The van der Waals surface area contributed by atoms with Crippen LogP contribution in [0.4, 0.5) is 4.79 Å². The average molecular weight is 798 g/mol. The number of rotatable bonds is 6. The zero-order valence-electron chi connectivity index (χ0n) is 35.2. The molecule has 0 unspecified atom stereocenters. The van der Waals surface area contributed by atoms with Gasteiger partial charge in [-0.05, 0) is 79.1 Å². The molecule has 5 heterocycles. The fourth-order valence-corrected chi connectivity index (χ4v) is 10.0. The van der Waals surface area contributed by atoms with Gasteiger partial charge in [0.05, 0.1) is 61.3 Å². The van der Waals surface area contributed by atoms with E-state index in [0.29, 0.717) is 43.6 Å². The number of hydrogen-bond donors (Lipinski definition) is 2. The standard InChI is InChI=1S/C42H63N5O10/c1-11-31-42(8)35-25(4)32(43-17-18-47(35)40(51)57-42)23(2)20-41(7)36(56-39-33(48)30(46(9)10)19-24(3)54-39)26(5)34(27(6)38(50)55-31)52-21-29(22-53-41)44-45-37(49)28-15-13-12-14-16-28/h12-16,23-27,30-31,33-36,39,48H,11,17-22H2,1-10H3,(H,45,49)/b44-29+/t23-,24+,25+,26+,27-,30-,31-,33+,34+,35-,36-,39-,41-,42-/m1/s1. The molecular formula is C42H63N5O10. The van der Waals surface area contributed by atoms with Gasteiger partial charge in [-0.2, -0.15) is 5.10 Å². The van der Waals surface area contributed by atoms with E-state index in [9.17, 15) is 19.5 Å². The van der Waals surface area contributed by atoms with Gasteiger partial charge in [0.25, 0.3) is 5.91 Å². The number of amides is 2. The fourth-order valence-electron chi connectivity index (χ4n) is 10.0. The Balaban J connectivity index is 1.46. The maximum Gasteiger partial charge on any atom is 0.410 e. The van der Waals surface area contributed by atoms with Gasteiger partial charge >= 0.3 is 12.1 Å². The Morgan fingerprint density at radius 1 is 1.09 bits per heavy atom. The summed E-state index contributed by atoms with van der Waals surface area (Å²) < 4.78 is 39.6. The van der Waals surface area contributed by atoms with Crippen LogP contribution in [0.5, 0.6) is 0 Å². The van der Waals surface area contributed by atoms with Gasteiger partial charge in [0.1, 0.15) is 12.2 Å². The summed E-state index contributed by atoms with van der Waals surface area (Å²) in [5.74, 6) is -2.79. The molecule has 0 aliphatic carbocycles. The molecule has 316 valence electrons. The number of nitrogens with one attached hydrogen (secondary N) is 1. The van der Waals surface area contributed by atoms with E-state index in [4.69, 9.17) is 33.4 Å². The minimum absolute atomic E-state index is 0.0437. The van der Waals surface area contributed by atoms with Crippen molar-refractivity contribution in [3.05, 3.63) is 35.9 Å². The molecule has 0 radical (unpaired) electrons. The first kappa shape index (κ1) is 43.1. The number of fused-ring (bicyclic) bond motifs is 4. The molecule has 5 aliphatic heterocycles. The summed E-state index contributed by atoms with van der Waals surface area (Å²) in [7, 11) is 3.85. The second-order valence-corrected chi connectivity index (χ2v) is 17.4. The highest BCUT2D eigenvalue weighted by atomic mass is 16.7. The van der Waals surface area contributed by atoms with Crippen LogP contribution in [0.1, 0.15) is 85.0 Å². The van der Waals surface area contributed by atoms with Crippen molar-refractivity contribution in [3.8, 4) is 0 Å². The summed E-state index contributed by atoms with van der Waals surface area (Å²) >= 11 is 0. The molecule has 14 atom stereocenters. The van der Waals surface area contributed by atoms with E-state index in [1.807, 2.05) is 59.7 Å². The Kier molecular flexibility index (Phi) is 13.2. The third-order valence-corrected chi connectivity index (χ3v) is 12.9. The summed E-state index contributed by atoms with van der Waals surface area (Å²) in [6.07, 6.45) is -3.67. The largest absolute Gasteiger partial charge is 0.458 e. The molecular weight excluding hydrogens is 734 g/mol. The first-order valence-electron chi connectivity index (χ1n) is 20.5. The number of aliphatic imine (C=N–C) groups is 1. The molecule has 4 fully saturated rings. The van der Waals surface area contributed by atoms with Crippen molar-refractivity contribution < 1.29 is 47.9 Å². The molecule has 2 amide bonds. The summed E-state index contributed by atoms with van der Waals surface area (Å²) in [6, 6.07) is 8.09. The topological polar surface area (TPSA) is 170 Å². The Hall–Kier alpha value is -3.47. The Morgan fingerprint density at radius 2 is 1.81 bits per heavy atom. The van der Waals surface area contributed by atoms with Crippen molar-refractivity contribution >= 4 is 29.4 Å². The van der Waals surface area contributed by atoms with Gasteiger partial charge in [-0.25, -0.2) is 10.2 Å². The second kappa shape index (κ2) is 17.4. The van der Waals surface area contributed by atoms with Crippen LogP contribution in [0.2, 0.25) is 0 Å². The lowest BCUT2D eigenvalue weighted by atomic mass is 9.72. The zero-order valence-corrected chi connectivity index (χ0v) is 35.2. The first-order valence-corrected chi connectivity index (χ1v) is 20.5. The number of aliphatic hydroxyl groups excluding tert-OH is 1. The van der Waals surface area contributed by atoms with Crippen LogP contribution in [0.15, 0.2) is 40.4 Å². The van der Waals surface area contributed by atoms with E-state index >= 15 is 0 Å². The van der Waals surface area contributed by atoms with Crippen LogP contribution < -0.4 is 5.43 Å². The van der Waals surface area contributed by atoms with E-state index in [1.165, 1.54) is 0 Å². The highest BCUT2D eigenvalue weighted by Crippen LogP contribution is 2.45. The fraction of sp³-hybridized carbons (Fsp3) is 0.738. The average Bonchev–Trinajstić information content (AvgIpc) is 3.32. The van der Waals surface area contributed by atoms with Gasteiger partial charge in [-0.1, -0.05) is 45.9 Å². The lowest BCUT2D eigenvalue weighted by Crippen LogP contribution is -2.60. The van der Waals surface area contributed by atoms with Crippen LogP contribution in [0.3, 0.4) is 0 Å². The molecule has 4 bridgehead atoms. The van der Waals surface area contributed by atoms with E-state index in [-0.39, 0.29) is 37.2 Å². The molecule has 4 saturated heterocycles.